The van der Waals surface area contributed by atoms with Gasteiger partial charge < -0.3 is 34.9 Å². The average Bonchev–Trinajstić information content (AvgIpc) is 3.31. The van der Waals surface area contributed by atoms with E-state index in [0.717, 1.165) is 42.0 Å². The number of aliphatic carboxylic acids is 1. The smallest absolute Gasteiger partial charge is 0.408 e. The molecule has 0 bridgehead atoms. The molecule has 0 unspecified atom stereocenters. The molecule has 5 rings (SSSR count). The van der Waals surface area contributed by atoms with Crippen LogP contribution < -0.4 is 15.4 Å². The highest BCUT2D eigenvalue weighted by Gasteiger charge is 2.62. The molecule has 11 heteroatoms. The molecule has 5 atom stereocenters. The highest BCUT2D eigenvalue weighted by Crippen LogP contribution is 2.46. The number of carbonyl (C=O) groups excluding carboxylic acids is 3. The summed E-state index contributed by atoms with van der Waals surface area (Å²) in [5, 5.41) is 17.4. The van der Waals surface area contributed by atoms with Crippen LogP contribution in [0, 0.1) is 11.3 Å². The summed E-state index contributed by atoms with van der Waals surface area (Å²) in [4.78, 5) is 55.2. The number of likely N-dealkylation sites (tertiary alicyclic amines) is 1. The molecular weight excluding hydrogens is 590 g/mol. The molecule has 3 amide bonds. The number of rotatable bonds is 10. The summed E-state index contributed by atoms with van der Waals surface area (Å²) in [7, 11) is 3.14. The number of fused-ring (bicyclic) bond motifs is 1. The molecule has 11 nitrogen and oxygen atoms in total. The number of amides is 3. The predicted octanol–water partition coefficient (Wildman–Crippen LogP) is 4.52. The Labute approximate surface area is 269 Å². The minimum absolute atomic E-state index is 0.00102. The van der Waals surface area contributed by atoms with E-state index in [1.54, 1.807) is 7.11 Å². The number of ether oxygens (including phenoxy) is 3. The van der Waals surface area contributed by atoms with Gasteiger partial charge in [0, 0.05) is 19.4 Å². The van der Waals surface area contributed by atoms with Crippen LogP contribution in [-0.4, -0.2) is 78.4 Å². The van der Waals surface area contributed by atoms with E-state index in [0.29, 0.717) is 5.75 Å². The maximum Gasteiger partial charge on any atom is 0.408 e. The zero-order chi connectivity index (χ0) is 33.4. The van der Waals surface area contributed by atoms with Crippen molar-refractivity contribution in [1.29, 1.82) is 0 Å². The zero-order valence-corrected chi connectivity index (χ0v) is 27.3. The van der Waals surface area contributed by atoms with E-state index in [1.807, 2.05) is 57.2 Å². The summed E-state index contributed by atoms with van der Waals surface area (Å²) in [6.45, 7) is 9.20. The largest absolute Gasteiger partial charge is 0.497 e. The second-order valence-electron chi connectivity index (χ2n) is 13.9. The van der Waals surface area contributed by atoms with Gasteiger partial charge in [0.25, 0.3) is 0 Å². The first-order chi connectivity index (χ1) is 21.8. The number of hydrogen-bond acceptors (Lipinski definition) is 7. The van der Waals surface area contributed by atoms with E-state index >= 15 is 0 Å². The third-order valence-corrected chi connectivity index (χ3v) is 9.85. The number of carboxylic acid groups (broad SMARTS) is 1. The topological polar surface area (TPSA) is 144 Å². The van der Waals surface area contributed by atoms with Crippen molar-refractivity contribution >= 4 is 34.6 Å². The summed E-state index contributed by atoms with van der Waals surface area (Å²) in [5.41, 5.74) is -2.58. The minimum Gasteiger partial charge on any atom is -0.497 e. The van der Waals surface area contributed by atoms with Gasteiger partial charge in [-0.05, 0) is 72.1 Å². The third-order valence-electron chi connectivity index (χ3n) is 9.85. The van der Waals surface area contributed by atoms with Crippen molar-refractivity contribution in [2.45, 2.75) is 88.6 Å². The van der Waals surface area contributed by atoms with Crippen LogP contribution in [0.5, 0.6) is 5.75 Å². The Kier molecular flexibility index (Phi) is 9.10. The number of benzene rings is 2. The average molecular weight is 636 g/mol. The zero-order valence-electron chi connectivity index (χ0n) is 27.3. The van der Waals surface area contributed by atoms with Crippen LogP contribution in [0.2, 0.25) is 0 Å². The van der Waals surface area contributed by atoms with Gasteiger partial charge in [-0.15, -0.1) is 6.58 Å². The number of nitrogens with zero attached hydrogens (tertiary/aromatic N) is 1. The first-order valence-corrected chi connectivity index (χ1v) is 15.9. The second-order valence-corrected chi connectivity index (χ2v) is 13.9. The molecule has 0 aromatic heterocycles. The Bertz CT molecular complexity index is 1530. The van der Waals surface area contributed by atoms with Crippen LogP contribution >= 0.6 is 0 Å². The van der Waals surface area contributed by atoms with Gasteiger partial charge in [-0.25, -0.2) is 9.59 Å². The first-order valence-electron chi connectivity index (χ1n) is 15.9. The molecule has 1 heterocycles. The monoisotopic (exact) mass is 635 g/mol. The summed E-state index contributed by atoms with van der Waals surface area (Å²) >= 11 is 0. The number of carboxylic acids is 1. The maximum atomic E-state index is 14.5. The van der Waals surface area contributed by atoms with Crippen LogP contribution in [0.25, 0.3) is 10.8 Å². The first kappa shape index (κ1) is 33.2. The van der Waals surface area contributed by atoms with Crippen LogP contribution in [-0.2, 0) is 29.5 Å². The van der Waals surface area contributed by atoms with Crippen molar-refractivity contribution in [1.82, 2.24) is 15.5 Å². The van der Waals surface area contributed by atoms with Crippen molar-refractivity contribution in [2.24, 2.45) is 11.3 Å². The van der Waals surface area contributed by atoms with E-state index in [9.17, 15) is 24.3 Å². The van der Waals surface area contributed by atoms with Gasteiger partial charge in [-0.1, -0.05) is 45.0 Å². The van der Waals surface area contributed by atoms with Crippen LogP contribution in [0.3, 0.4) is 0 Å². The lowest BCUT2D eigenvalue weighted by Crippen LogP contribution is -2.59. The highest BCUT2D eigenvalue weighted by atomic mass is 16.6. The van der Waals surface area contributed by atoms with Gasteiger partial charge in [0.15, 0.2) is 0 Å². The van der Waals surface area contributed by atoms with Gasteiger partial charge in [-0.2, -0.15) is 0 Å². The van der Waals surface area contributed by atoms with E-state index in [-0.39, 0.29) is 25.5 Å². The van der Waals surface area contributed by atoms with Gasteiger partial charge in [0.2, 0.25) is 11.8 Å². The molecular formula is C35H45N3O8. The van der Waals surface area contributed by atoms with Gasteiger partial charge >= 0.3 is 12.1 Å². The molecule has 1 aliphatic heterocycles. The SMILES string of the molecule is C=C[C@H]1C[C@]1(NC(=O)[C@@H]1C[C@@](OC)(c2ccc3cc(OC)ccc3c2)CN1C(=O)[C@@H](NC(=O)OC1CCCC1)C(C)(C)C)C(=O)O. The standard InChI is InChI=1S/C35H45N3O8/c1-7-23-18-35(23,31(41)42)37-29(39)27-19-34(45-6,24-14-12-22-17-26(44-5)15-13-21(22)16-24)20-38(27)30(40)28(33(2,3)4)36-32(43)46-25-10-8-9-11-25/h7,12-17,23,25,27-28H,1,8-11,18-20H2,2-6H3,(H,36,43)(H,37,39)(H,41,42)/t23-,27-,28+,34-,35+/m0/s1. The molecule has 3 N–H and O–H groups in total. The summed E-state index contributed by atoms with van der Waals surface area (Å²) in [6.07, 6.45) is 4.45. The van der Waals surface area contributed by atoms with Gasteiger partial charge in [0.1, 0.15) is 35.1 Å². The van der Waals surface area contributed by atoms with Gasteiger partial charge in [0.05, 0.1) is 13.7 Å². The van der Waals surface area contributed by atoms with Crippen LogP contribution in [0.15, 0.2) is 49.1 Å². The Balaban J connectivity index is 1.50. The number of hydrogen-bond donors (Lipinski definition) is 3. The van der Waals surface area contributed by atoms with Crippen molar-refractivity contribution in [3.8, 4) is 5.75 Å². The number of carbonyl (C=O) groups is 4. The van der Waals surface area contributed by atoms with Crippen molar-refractivity contribution in [3.63, 3.8) is 0 Å². The lowest BCUT2D eigenvalue weighted by Gasteiger charge is -2.36. The molecule has 2 aromatic rings. The molecule has 1 saturated heterocycles. The molecule has 0 spiro atoms. The number of alkyl carbamates (subject to hydrolysis) is 1. The quantitative estimate of drug-likeness (QED) is 0.324. The fraction of sp³-hybridized carbons (Fsp3) is 0.543. The van der Waals surface area contributed by atoms with E-state index < -0.39 is 58.4 Å². The fourth-order valence-electron chi connectivity index (χ4n) is 6.89. The van der Waals surface area contributed by atoms with E-state index in [1.165, 1.54) is 18.1 Å². The molecule has 2 saturated carbocycles. The second kappa shape index (κ2) is 12.6. The van der Waals surface area contributed by atoms with Crippen molar-refractivity contribution in [3.05, 3.63) is 54.6 Å². The number of methoxy groups -OCH3 is 2. The maximum absolute atomic E-state index is 14.5. The Hall–Kier alpha value is -4.12. The lowest BCUT2D eigenvalue weighted by atomic mass is 9.85. The number of nitrogens with one attached hydrogen (secondary N) is 2. The predicted molar refractivity (Wildman–Crippen MR) is 171 cm³/mol. The molecule has 2 aromatic carbocycles. The van der Waals surface area contributed by atoms with E-state index in [2.05, 4.69) is 17.2 Å². The van der Waals surface area contributed by atoms with Gasteiger partial charge in [-0.3, -0.25) is 9.59 Å². The minimum atomic E-state index is -1.49. The Morgan fingerprint density at radius 1 is 1.04 bits per heavy atom. The summed E-state index contributed by atoms with van der Waals surface area (Å²) in [5.74, 6) is -1.97. The lowest BCUT2D eigenvalue weighted by molar-refractivity contribution is -0.146. The summed E-state index contributed by atoms with van der Waals surface area (Å²) < 4.78 is 17.2. The van der Waals surface area contributed by atoms with Crippen LogP contribution in [0.1, 0.15) is 64.9 Å². The Morgan fingerprint density at radius 2 is 1.72 bits per heavy atom. The fourth-order valence-corrected chi connectivity index (χ4v) is 6.89. The van der Waals surface area contributed by atoms with Crippen molar-refractivity contribution < 1.29 is 38.5 Å². The molecule has 3 aliphatic rings. The normalized spacial score (nSPS) is 26.8. The Morgan fingerprint density at radius 3 is 2.30 bits per heavy atom. The molecule has 46 heavy (non-hydrogen) atoms. The summed E-state index contributed by atoms with van der Waals surface area (Å²) in [6, 6.07) is 9.38. The third kappa shape index (κ3) is 6.29. The highest BCUT2D eigenvalue weighted by molar-refractivity contribution is 5.96. The molecule has 0 radical (unpaired) electrons. The van der Waals surface area contributed by atoms with Crippen LogP contribution in [0.4, 0.5) is 4.79 Å². The molecule has 248 valence electrons. The van der Waals surface area contributed by atoms with Crippen molar-refractivity contribution in [2.75, 3.05) is 20.8 Å². The van der Waals surface area contributed by atoms with E-state index in [4.69, 9.17) is 14.2 Å². The molecule has 3 fully saturated rings. The molecule has 2 aliphatic carbocycles.